The Morgan fingerprint density at radius 1 is 1.07 bits per heavy atom. The van der Waals surface area contributed by atoms with Crippen LogP contribution in [-0.4, -0.2) is 23.9 Å². The van der Waals surface area contributed by atoms with Crippen molar-refractivity contribution in [3.8, 4) is 11.8 Å². The summed E-state index contributed by atoms with van der Waals surface area (Å²) in [7, 11) is 1.57. The van der Waals surface area contributed by atoms with Crippen molar-refractivity contribution in [3.63, 3.8) is 0 Å². The number of benzene rings is 2. The largest absolute Gasteiger partial charge is 0.478 e. The molecule has 0 bridgehead atoms. The number of aromatic carboxylic acids is 1. The van der Waals surface area contributed by atoms with E-state index in [9.17, 15) is 4.79 Å². The Morgan fingerprint density at radius 2 is 1.68 bits per heavy atom. The number of rotatable bonds is 2. The van der Waals surface area contributed by atoms with Crippen molar-refractivity contribution in [2.45, 2.75) is 46.0 Å². The van der Waals surface area contributed by atoms with E-state index in [2.05, 4.69) is 43.0 Å². The Kier molecular flexibility index (Phi) is 7.00. The molecule has 1 N–H and O–H groups in total. The van der Waals surface area contributed by atoms with Gasteiger partial charge in [0.15, 0.2) is 0 Å². The lowest BCUT2D eigenvalue weighted by Gasteiger charge is -2.33. The molecule has 0 spiro atoms. The van der Waals surface area contributed by atoms with Gasteiger partial charge in [-0.3, -0.25) is 0 Å². The highest BCUT2D eigenvalue weighted by atomic mass is 16.6. The molecule has 0 atom stereocenters. The lowest BCUT2D eigenvalue weighted by Crippen LogP contribution is -2.27. The normalized spacial score (nSPS) is 15.4. The topological polar surface area (TPSA) is 58.9 Å². The summed E-state index contributed by atoms with van der Waals surface area (Å²) in [5, 5.41) is 13.1. The minimum Gasteiger partial charge on any atom is -0.478 e. The van der Waals surface area contributed by atoms with Crippen LogP contribution >= 0.6 is 0 Å². The molecule has 0 saturated carbocycles. The molecule has 4 heteroatoms. The molecule has 0 saturated heterocycles. The number of hydrogen-bond donors (Lipinski definition) is 1. The fourth-order valence-electron chi connectivity index (χ4n) is 3.20. The molecule has 4 nitrogen and oxygen atoms in total. The van der Waals surface area contributed by atoms with Gasteiger partial charge in [-0.1, -0.05) is 50.8 Å². The van der Waals surface area contributed by atoms with Crippen LogP contribution in [0.25, 0.3) is 0 Å². The molecule has 0 amide bonds. The summed E-state index contributed by atoms with van der Waals surface area (Å²) in [6.07, 6.45) is 1.91. The average Bonchev–Trinajstić information content (AvgIpc) is 2.70. The maximum atomic E-state index is 10.9. The van der Waals surface area contributed by atoms with E-state index in [0.717, 1.165) is 35.2 Å². The Bertz CT molecular complexity index is 929. The third-order valence-corrected chi connectivity index (χ3v) is 4.73. The van der Waals surface area contributed by atoms with Gasteiger partial charge in [0.25, 0.3) is 0 Å². The molecule has 2 aromatic carbocycles. The first kappa shape index (κ1) is 21.2. The Balaban J connectivity index is 0.00000136. The monoisotopic (exact) mass is 377 g/mol. The minimum absolute atomic E-state index is 0.0979. The molecule has 0 aromatic heterocycles. The molecule has 3 rings (SSSR count). The fourth-order valence-corrected chi connectivity index (χ4v) is 3.20. The van der Waals surface area contributed by atoms with E-state index < -0.39 is 5.97 Å². The van der Waals surface area contributed by atoms with Gasteiger partial charge in [0, 0.05) is 16.7 Å². The summed E-state index contributed by atoms with van der Waals surface area (Å²) >= 11 is 0. The summed E-state index contributed by atoms with van der Waals surface area (Å²) in [5.41, 5.74) is 5.34. The number of fused-ring (bicyclic) bond motifs is 1. The van der Waals surface area contributed by atoms with Gasteiger partial charge in [-0.15, -0.1) is 0 Å². The lowest BCUT2D eigenvalue weighted by molar-refractivity contribution is 0.0697. The molecular formula is C24H27NO3. The summed E-state index contributed by atoms with van der Waals surface area (Å²) in [6.45, 7) is 8.48. The van der Waals surface area contributed by atoms with E-state index in [4.69, 9.17) is 9.94 Å². The number of nitrogens with zero attached hydrogens (tertiary/aromatic N) is 1. The predicted molar refractivity (Wildman–Crippen MR) is 113 cm³/mol. The lowest BCUT2D eigenvalue weighted by atomic mass is 9.72. The van der Waals surface area contributed by atoms with Crippen molar-refractivity contribution in [3.05, 3.63) is 70.3 Å². The maximum absolute atomic E-state index is 10.9. The molecule has 146 valence electrons. The summed E-state index contributed by atoms with van der Waals surface area (Å²) < 4.78 is 0. The number of oxime groups is 1. The highest BCUT2D eigenvalue weighted by Crippen LogP contribution is 2.37. The van der Waals surface area contributed by atoms with Crippen LogP contribution in [0.15, 0.2) is 47.6 Å². The molecule has 0 aliphatic heterocycles. The van der Waals surface area contributed by atoms with Gasteiger partial charge in [0.05, 0.1) is 11.3 Å². The molecule has 0 radical (unpaired) electrons. The molecule has 28 heavy (non-hydrogen) atoms. The third-order valence-electron chi connectivity index (χ3n) is 4.73. The molecule has 1 aliphatic rings. The van der Waals surface area contributed by atoms with Crippen LogP contribution in [0.4, 0.5) is 0 Å². The smallest absolute Gasteiger partial charge is 0.335 e. The van der Waals surface area contributed by atoms with Gasteiger partial charge < -0.3 is 9.94 Å². The first-order valence-electron chi connectivity index (χ1n) is 9.51. The standard InChI is InChI=1S/C22H21NO3.C2H6/c1-22(2)13-12-20(23-26-3)18-14-16(8-11-19(18)22)5-4-15-6-9-17(10-7-15)21(24)25;1-2/h6-11,14H,12-13H2,1-3H3,(H,24,25);1-2H3/b23-20+;. The Hall–Kier alpha value is -3.06. The van der Waals surface area contributed by atoms with Gasteiger partial charge in [-0.05, 0) is 60.2 Å². The van der Waals surface area contributed by atoms with Crippen LogP contribution in [0.3, 0.4) is 0 Å². The van der Waals surface area contributed by atoms with Crippen LogP contribution in [0, 0.1) is 11.8 Å². The van der Waals surface area contributed by atoms with E-state index >= 15 is 0 Å². The van der Waals surface area contributed by atoms with Crippen LogP contribution in [0.2, 0.25) is 0 Å². The molecule has 0 unspecified atom stereocenters. The molecule has 0 fully saturated rings. The molecule has 0 heterocycles. The maximum Gasteiger partial charge on any atom is 0.335 e. The fraction of sp³-hybridized carbons (Fsp3) is 0.333. The van der Waals surface area contributed by atoms with E-state index in [-0.39, 0.29) is 11.0 Å². The minimum atomic E-state index is -0.938. The van der Waals surface area contributed by atoms with E-state index in [1.54, 1.807) is 31.4 Å². The zero-order valence-corrected chi connectivity index (χ0v) is 17.2. The van der Waals surface area contributed by atoms with Crippen molar-refractivity contribution in [1.82, 2.24) is 0 Å². The van der Waals surface area contributed by atoms with Gasteiger partial charge >= 0.3 is 5.97 Å². The van der Waals surface area contributed by atoms with Crippen LogP contribution in [0.5, 0.6) is 0 Å². The zero-order chi connectivity index (χ0) is 20.7. The number of carbonyl (C=O) groups is 1. The van der Waals surface area contributed by atoms with E-state index in [1.165, 1.54) is 5.56 Å². The van der Waals surface area contributed by atoms with Crippen molar-refractivity contribution < 1.29 is 14.7 Å². The SMILES string of the molecule is CC.CO/N=C1\CCC(C)(C)c2ccc(C#Cc3ccc(C(=O)O)cc3)cc21. The van der Waals surface area contributed by atoms with Crippen molar-refractivity contribution in [2.75, 3.05) is 7.11 Å². The second kappa shape index (κ2) is 9.23. The van der Waals surface area contributed by atoms with Crippen molar-refractivity contribution in [1.29, 1.82) is 0 Å². The van der Waals surface area contributed by atoms with Crippen LogP contribution in [-0.2, 0) is 10.3 Å². The highest BCUT2D eigenvalue weighted by molar-refractivity contribution is 6.03. The molecular weight excluding hydrogens is 350 g/mol. The third kappa shape index (κ3) is 4.80. The van der Waals surface area contributed by atoms with Crippen LogP contribution in [0.1, 0.15) is 73.1 Å². The Morgan fingerprint density at radius 3 is 2.29 bits per heavy atom. The quantitative estimate of drug-likeness (QED) is 0.576. The second-order valence-electron chi connectivity index (χ2n) is 7.00. The molecule has 2 aromatic rings. The first-order chi connectivity index (χ1) is 13.4. The summed E-state index contributed by atoms with van der Waals surface area (Å²) in [6, 6.07) is 12.8. The van der Waals surface area contributed by atoms with Gasteiger partial charge in [0.2, 0.25) is 0 Å². The zero-order valence-electron chi connectivity index (χ0n) is 17.2. The van der Waals surface area contributed by atoms with Crippen molar-refractivity contribution >= 4 is 11.7 Å². The highest BCUT2D eigenvalue weighted by Gasteiger charge is 2.30. The second-order valence-corrected chi connectivity index (χ2v) is 7.00. The number of hydrogen-bond acceptors (Lipinski definition) is 3. The van der Waals surface area contributed by atoms with Gasteiger partial charge in [-0.2, -0.15) is 0 Å². The Labute approximate surface area is 167 Å². The first-order valence-corrected chi connectivity index (χ1v) is 9.51. The van der Waals surface area contributed by atoms with E-state index in [1.807, 2.05) is 19.9 Å². The van der Waals surface area contributed by atoms with Crippen molar-refractivity contribution in [2.24, 2.45) is 5.16 Å². The number of carboxylic acids is 1. The van der Waals surface area contributed by atoms with Gasteiger partial charge in [-0.25, -0.2) is 4.79 Å². The van der Waals surface area contributed by atoms with Crippen LogP contribution < -0.4 is 0 Å². The predicted octanol–water partition coefficient (Wildman–Crippen LogP) is 5.23. The number of carboxylic acid groups (broad SMARTS) is 1. The van der Waals surface area contributed by atoms with E-state index in [0.29, 0.717) is 0 Å². The summed E-state index contributed by atoms with van der Waals surface area (Å²) in [5.74, 6) is 5.31. The summed E-state index contributed by atoms with van der Waals surface area (Å²) in [4.78, 5) is 15.9. The molecule has 1 aliphatic carbocycles. The van der Waals surface area contributed by atoms with Gasteiger partial charge in [0.1, 0.15) is 7.11 Å². The average molecular weight is 377 g/mol.